The Morgan fingerprint density at radius 3 is 2.41 bits per heavy atom. The first-order chi connectivity index (χ1) is 14.2. The molecule has 156 valence electrons. The fourth-order valence-corrected chi connectivity index (χ4v) is 3.44. The van der Waals surface area contributed by atoms with Gasteiger partial charge in [-0.25, -0.2) is 9.97 Å². The van der Waals surface area contributed by atoms with Crippen molar-refractivity contribution in [2.75, 3.05) is 57.8 Å². The van der Waals surface area contributed by atoms with Crippen molar-refractivity contribution in [1.29, 1.82) is 0 Å². The Bertz CT molecular complexity index is 752. The second kappa shape index (κ2) is 10.8. The van der Waals surface area contributed by atoms with Crippen molar-refractivity contribution in [1.82, 2.24) is 25.5 Å². The molecule has 1 aliphatic rings. The van der Waals surface area contributed by atoms with Crippen molar-refractivity contribution in [3.63, 3.8) is 0 Å². The number of aliphatic imine (C=N–C) groups is 1. The second-order valence-corrected chi connectivity index (χ2v) is 7.57. The number of piperazine rings is 1. The molecule has 0 amide bonds. The van der Waals surface area contributed by atoms with E-state index in [2.05, 4.69) is 73.5 Å². The predicted molar refractivity (Wildman–Crippen MR) is 120 cm³/mol. The molecule has 1 fully saturated rings. The summed E-state index contributed by atoms with van der Waals surface area (Å²) >= 11 is 0. The number of nitrogens with zero attached hydrogens (tertiary/aromatic N) is 5. The molecule has 2 heterocycles. The Kier molecular flexibility index (Phi) is 7.81. The molecule has 1 saturated heterocycles. The number of hydrogen-bond donors (Lipinski definition) is 2. The summed E-state index contributed by atoms with van der Waals surface area (Å²) in [7, 11) is 1.82. The van der Waals surface area contributed by atoms with Gasteiger partial charge in [0, 0.05) is 65.3 Å². The van der Waals surface area contributed by atoms with Gasteiger partial charge in [0.15, 0.2) is 5.96 Å². The number of aryl methyl sites for hydroxylation is 1. The minimum atomic E-state index is 0.433. The smallest absolute Gasteiger partial charge is 0.225 e. The minimum absolute atomic E-state index is 0.433. The third-order valence-electron chi connectivity index (χ3n) is 5.37. The summed E-state index contributed by atoms with van der Waals surface area (Å²) in [5, 5.41) is 6.88. The fourth-order valence-electron chi connectivity index (χ4n) is 3.44. The Hall–Kier alpha value is -2.67. The number of benzene rings is 1. The lowest BCUT2D eigenvalue weighted by molar-refractivity contribution is 0.260. The molecule has 1 unspecified atom stereocenters. The second-order valence-electron chi connectivity index (χ2n) is 7.57. The molecule has 1 aromatic carbocycles. The van der Waals surface area contributed by atoms with E-state index in [-0.39, 0.29) is 0 Å². The normalized spacial score (nSPS) is 16.5. The van der Waals surface area contributed by atoms with E-state index >= 15 is 0 Å². The van der Waals surface area contributed by atoms with Crippen LogP contribution in [0.4, 0.5) is 5.95 Å². The van der Waals surface area contributed by atoms with Crippen LogP contribution in [0.5, 0.6) is 0 Å². The van der Waals surface area contributed by atoms with Crippen LogP contribution in [0.25, 0.3) is 0 Å². The summed E-state index contributed by atoms with van der Waals surface area (Å²) in [5.74, 6) is 2.13. The molecule has 1 aliphatic heterocycles. The third-order valence-corrected chi connectivity index (χ3v) is 5.37. The van der Waals surface area contributed by atoms with Crippen molar-refractivity contribution in [3.8, 4) is 0 Å². The van der Waals surface area contributed by atoms with E-state index in [4.69, 9.17) is 0 Å². The molecule has 0 radical (unpaired) electrons. The predicted octanol–water partition coefficient (Wildman–Crippen LogP) is 1.88. The van der Waals surface area contributed by atoms with E-state index in [9.17, 15) is 0 Å². The minimum Gasteiger partial charge on any atom is -0.356 e. The first-order valence-corrected chi connectivity index (χ1v) is 10.4. The van der Waals surface area contributed by atoms with E-state index in [1.807, 2.05) is 13.1 Å². The van der Waals surface area contributed by atoms with E-state index in [0.29, 0.717) is 5.92 Å². The van der Waals surface area contributed by atoms with Crippen molar-refractivity contribution in [2.24, 2.45) is 4.99 Å². The third kappa shape index (κ3) is 6.42. The van der Waals surface area contributed by atoms with Gasteiger partial charge in [-0.3, -0.25) is 9.89 Å². The van der Waals surface area contributed by atoms with Crippen molar-refractivity contribution in [2.45, 2.75) is 19.8 Å². The number of nitrogens with one attached hydrogen (secondary N) is 2. The van der Waals surface area contributed by atoms with E-state index in [1.165, 1.54) is 11.1 Å². The van der Waals surface area contributed by atoms with Crippen LogP contribution in [0.1, 0.15) is 24.0 Å². The average molecular weight is 396 g/mol. The Labute approximate surface area is 174 Å². The molecule has 0 aliphatic carbocycles. The van der Waals surface area contributed by atoms with Gasteiger partial charge in [-0.2, -0.15) is 0 Å². The van der Waals surface area contributed by atoms with Crippen LogP contribution in [0.15, 0.2) is 47.7 Å². The van der Waals surface area contributed by atoms with Crippen LogP contribution in [-0.2, 0) is 0 Å². The Morgan fingerprint density at radius 2 is 1.76 bits per heavy atom. The molecule has 3 rings (SSSR count). The van der Waals surface area contributed by atoms with Gasteiger partial charge in [-0.1, -0.05) is 36.8 Å². The Morgan fingerprint density at radius 1 is 1.07 bits per heavy atom. The van der Waals surface area contributed by atoms with E-state index < -0.39 is 0 Å². The molecule has 7 heteroatoms. The van der Waals surface area contributed by atoms with Crippen LogP contribution in [0.2, 0.25) is 0 Å². The van der Waals surface area contributed by atoms with E-state index in [0.717, 1.165) is 57.7 Å². The highest BCUT2D eigenvalue weighted by molar-refractivity contribution is 5.79. The maximum atomic E-state index is 4.35. The van der Waals surface area contributed by atoms with Crippen molar-refractivity contribution < 1.29 is 0 Å². The molecule has 1 atom stereocenters. The topological polar surface area (TPSA) is 68.7 Å². The zero-order chi connectivity index (χ0) is 20.5. The van der Waals surface area contributed by atoms with Gasteiger partial charge in [0.2, 0.25) is 5.95 Å². The largest absolute Gasteiger partial charge is 0.356 e. The SMILES string of the molecule is CN=C(NCCN1CCN(c2ncccn2)CC1)NCC(C)c1ccc(C)cc1. The lowest BCUT2D eigenvalue weighted by Crippen LogP contribution is -2.49. The number of guanidine groups is 1. The molecule has 2 aromatic rings. The molecule has 7 nitrogen and oxygen atoms in total. The van der Waals surface area contributed by atoms with Gasteiger partial charge in [-0.15, -0.1) is 0 Å². The van der Waals surface area contributed by atoms with E-state index in [1.54, 1.807) is 12.4 Å². The van der Waals surface area contributed by atoms with Gasteiger partial charge in [0.05, 0.1) is 0 Å². The molecule has 0 spiro atoms. The maximum absolute atomic E-state index is 4.35. The number of rotatable bonds is 7. The summed E-state index contributed by atoms with van der Waals surface area (Å²) in [6.45, 7) is 11.1. The van der Waals surface area contributed by atoms with Crippen LogP contribution < -0.4 is 15.5 Å². The molecule has 0 saturated carbocycles. The average Bonchev–Trinajstić information content (AvgIpc) is 2.77. The molecular formula is C22H33N7. The van der Waals surface area contributed by atoms with Crippen LogP contribution >= 0.6 is 0 Å². The van der Waals surface area contributed by atoms with Crippen LogP contribution in [-0.4, -0.2) is 73.7 Å². The van der Waals surface area contributed by atoms with Gasteiger partial charge >= 0.3 is 0 Å². The zero-order valence-corrected chi connectivity index (χ0v) is 17.8. The monoisotopic (exact) mass is 395 g/mol. The van der Waals surface area contributed by atoms with Crippen molar-refractivity contribution >= 4 is 11.9 Å². The molecular weight excluding hydrogens is 362 g/mol. The fraction of sp³-hybridized carbons (Fsp3) is 0.500. The lowest BCUT2D eigenvalue weighted by atomic mass is 10.0. The molecule has 2 N–H and O–H groups in total. The summed E-state index contributed by atoms with van der Waals surface area (Å²) in [6, 6.07) is 10.6. The highest BCUT2D eigenvalue weighted by atomic mass is 15.3. The quantitative estimate of drug-likeness (QED) is 0.551. The van der Waals surface area contributed by atoms with Crippen molar-refractivity contribution in [3.05, 3.63) is 53.9 Å². The summed E-state index contributed by atoms with van der Waals surface area (Å²) in [4.78, 5) is 17.8. The number of hydrogen-bond acceptors (Lipinski definition) is 5. The number of anilines is 1. The van der Waals surface area contributed by atoms with Gasteiger partial charge in [0.1, 0.15) is 0 Å². The summed E-state index contributed by atoms with van der Waals surface area (Å²) in [6.07, 6.45) is 3.61. The Balaban J connectivity index is 1.34. The van der Waals surface area contributed by atoms with Gasteiger partial charge < -0.3 is 15.5 Å². The van der Waals surface area contributed by atoms with Crippen LogP contribution in [0, 0.1) is 6.92 Å². The number of aromatic nitrogens is 2. The standard InChI is InChI=1S/C22H33N7/c1-18-5-7-20(8-6-18)19(2)17-27-21(23-3)24-11-12-28-13-15-29(16-14-28)22-25-9-4-10-26-22/h4-10,19H,11-17H2,1-3H3,(H2,23,24,27). The molecule has 0 bridgehead atoms. The zero-order valence-electron chi connectivity index (χ0n) is 17.8. The first kappa shape index (κ1) is 21.0. The summed E-state index contributed by atoms with van der Waals surface area (Å²) < 4.78 is 0. The van der Waals surface area contributed by atoms with Gasteiger partial charge in [-0.05, 0) is 24.5 Å². The van der Waals surface area contributed by atoms with Gasteiger partial charge in [0.25, 0.3) is 0 Å². The highest BCUT2D eigenvalue weighted by Gasteiger charge is 2.18. The molecule has 1 aromatic heterocycles. The highest BCUT2D eigenvalue weighted by Crippen LogP contribution is 2.14. The summed E-state index contributed by atoms with van der Waals surface area (Å²) in [5.41, 5.74) is 2.64. The lowest BCUT2D eigenvalue weighted by Gasteiger charge is -2.34. The maximum Gasteiger partial charge on any atom is 0.225 e. The van der Waals surface area contributed by atoms with Crippen LogP contribution in [0.3, 0.4) is 0 Å². The molecule has 29 heavy (non-hydrogen) atoms. The first-order valence-electron chi connectivity index (χ1n) is 10.4.